The summed E-state index contributed by atoms with van der Waals surface area (Å²) in [5.41, 5.74) is -0.974. The van der Waals surface area contributed by atoms with E-state index < -0.39 is 5.60 Å². The van der Waals surface area contributed by atoms with Crippen LogP contribution in [0.15, 0.2) is 45.6 Å². The highest BCUT2D eigenvalue weighted by Crippen LogP contribution is 2.40. The SMILES string of the molecule is O=C(NCC(O)(c1cccs1)c1cccs1)c1cc(C2CC2)on1. The highest BCUT2D eigenvalue weighted by Gasteiger charge is 2.35. The summed E-state index contributed by atoms with van der Waals surface area (Å²) < 4.78 is 5.22. The number of hydrogen-bond donors (Lipinski definition) is 2. The average molecular weight is 360 g/mol. The first-order valence-corrected chi connectivity index (χ1v) is 9.48. The van der Waals surface area contributed by atoms with E-state index in [2.05, 4.69) is 10.5 Å². The fraction of sp³-hybridized carbons (Fsp3) is 0.294. The number of aliphatic hydroxyl groups is 1. The predicted molar refractivity (Wildman–Crippen MR) is 92.4 cm³/mol. The minimum atomic E-state index is -1.24. The second kappa shape index (κ2) is 6.16. The number of hydrogen-bond acceptors (Lipinski definition) is 6. The van der Waals surface area contributed by atoms with Gasteiger partial charge in [0.1, 0.15) is 11.4 Å². The Hall–Kier alpha value is -1.96. The van der Waals surface area contributed by atoms with E-state index in [1.54, 1.807) is 6.07 Å². The van der Waals surface area contributed by atoms with Crippen LogP contribution in [0.2, 0.25) is 0 Å². The number of thiophene rings is 2. The predicted octanol–water partition coefficient (Wildman–Crippen LogP) is 3.34. The summed E-state index contributed by atoms with van der Waals surface area (Å²) in [5, 5.41) is 21.6. The quantitative estimate of drug-likeness (QED) is 0.707. The highest BCUT2D eigenvalue weighted by atomic mass is 32.1. The molecule has 24 heavy (non-hydrogen) atoms. The second-order valence-corrected chi connectivity index (χ2v) is 7.78. The molecule has 0 bridgehead atoms. The van der Waals surface area contributed by atoms with Gasteiger partial charge >= 0.3 is 0 Å². The molecule has 0 aromatic carbocycles. The monoisotopic (exact) mass is 360 g/mol. The maximum Gasteiger partial charge on any atom is 0.273 e. The molecule has 0 saturated heterocycles. The van der Waals surface area contributed by atoms with Gasteiger partial charge in [0.15, 0.2) is 5.69 Å². The van der Waals surface area contributed by atoms with Crippen molar-refractivity contribution in [3.8, 4) is 0 Å². The van der Waals surface area contributed by atoms with Gasteiger partial charge in [-0.1, -0.05) is 17.3 Å². The number of carbonyl (C=O) groups is 1. The zero-order valence-corrected chi connectivity index (χ0v) is 14.4. The van der Waals surface area contributed by atoms with E-state index in [0.29, 0.717) is 5.92 Å². The van der Waals surface area contributed by atoms with Crippen molar-refractivity contribution >= 4 is 28.6 Å². The van der Waals surface area contributed by atoms with E-state index in [1.165, 1.54) is 22.7 Å². The standard InChI is InChI=1S/C17H16N2O3S2/c20-16(12-9-13(22-19-12)11-5-6-11)18-10-17(21,14-3-1-7-23-14)15-4-2-8-24-15/h1-4,7-9,11,21H,5-6,10H2,(H,18,20). The van der Waals surface area contributed by atoms with E-state index in [-0.39, 0.29) is 18.1 Å². The Labute approximate surface area is 146 Å². The lowest BCUT2D eigenvalue weighted by atomic mass is 9.99. The van der Waals surface area contributed by atoms with Crippen LogP contribution in [0.25, 0.3) is 0 Å². The molecule has 124 valence electrons. The molecule has 1 amide bonds. The van der Waals surface area contributed by atoms with Gasteiger partial charge in [0.05, 0.1) is 6.54 Å². The first kappa shape index (κ1) is 15.6. The fourth-order valence-electron chi connectivity index (χ4n) is 2.58. The molecule has 7 heteroatoms. The third kappa shape index (κ3) is 2.90. The van der Waals surface area contributed by atoms with Crippen molar-refractivity contribution in [3.05, 3.63) is 62.3 Å². The van der Waals surface area contributed by atoms with Gasteiger partial charge in [0, 0.05) is 21.7 Å². The van der Waals surface area contributed by atoms with E-state index in [1.807, 2.05) is 35.0 Å². The number of nitrogens with one attached hydrogen (secondary N) is 1. The van der Waals surface area contributed by atoms with Crippen LogP contribution in [0.1, 0.15) is 44.8 Å². The van der Waals surface area contributed by atoms with Crippen LogP contribution in [-0.2, 0) is 5.60 Å². The lowest BCUT2D eigenvalue weighted by Gasteiger charge is -2.26. The van der Waals surface area contributed by atoms with Crippen molar-refractivity contribution in [1.29, 1.82) is 0 Å². The number of carbonyl (C=O) groups excluding carboxylic acids is 1. The molecule has 0 unspecified atom stereocenters. The largest absolute Gasteiger partial charge is 0.377 e. The molecule has 2 N–H and O–H groups in total. The lowest BCUT2D eigenvalue weighted by Crippen LogP contribution is -2.40. The van der Waals surface area contributed by atoms with Gasteiger partial charge in [-0.15, -0.1) is 22.7 Å². The molecule has 1 aliphatic rings. The molecule has 0 atom stereocenters. The van der Waals surface area contributed by atoms with Gasteiger partial charge in [-0.3, -0.25) is 4.79 Å². The maximum atomic E-state index is 12.3. The average Bonchev–Trinajstić information content (AvgIpc) is 3.12. The van der Waals surface area contributed by atoms with Gasteiger partial charge in [-0.2, -0.15) is 0 Å². The van der Waals surface area contributed by atoms with Gasteiger partial charge in [-0.25, -0.2) is 0 Å². The molecule has 4 rings (SSSR count). The van der Waals surface area contributed by atoms with Crippen LogP contribution in [0, 0.1) is 0 Å². The van der Waals surface area contributed by atoms with Crippen molar-refractivity contribution < 1.29 is 14.4 Å². The first-order chi connectivity index (χ1) is 11.7. The molecule has 1 saturated carbocycles. The molecule has 1 aliphatic carbocycles. The summed E-state index contributed by atoms with van der Waals surface area (Å²) in [6.07, 6.45) is 2.18. The van der Waals surface area contributed by atoms with Crippen LogP contribution in [0.3, 0.4) is 0 Å². The lowest BCUT2D eigenvalue weighted by molar-refractivity contribution is 0.0734. The molecule has 0 spiro atoms. The van der Waals surface area contributed by atoms with Crippen molar-refractivity contribution in [3.63, 3.8) is 0 Å². The van der Waals surface area contributed by atoms with Gasteiger partial charge in [-0.05, 0) is 35.7 Å². The third-order valence-electron chi connectivity index (χ3n) is 4.10. The maximum absolute atomic E-state index is 12.3. The summed E-state index contributed by atoms with van der Waals surface area (Å²) >= 11 is 2.93. The van der Waals surface area contributed by atoms with Gasteiger partial charge in [0.2, 0.25) is 0 Å². The molecular formula is C17H16N2O3S2. The first-order valence-electron chi connectivity index (χ1n) is 7.72. The Morgan fingerprint density at radius 1 is 1.29 bits per heavy atom. The zero-order valence-electron chi connectivity index (χ0n) is 12.8. The number of nitrogens with zero attached hydrogens (tertiary/aromatic N) is 1. The molecule has 3 heterocycles. The molecular weight excluding hydrogens is 344 g/mol. The molecule has 0 radical (unpaired) electrons. The Bertz CT molecular complexity index is 786. The van der Waals surface area contributed by atoms with E-state index in [9.17, 15) is 9.90 Å². The van der Waals surface area contributed by atoms with E-state index in [4.69, 9.17) is 4.52 Å². The number of amides is 1. The highest BCUT2D eigenvalue weighted by molar-refractivity contribution is 7.11. The Morgan fingerprint density at radius 3 is 2.50 bits per heavy atom. The van der Waals surface area contributed by atoms with Gasteiger partial charge < -0.3 is 14.9 Å². The molecule has 1 fully saturated rings. The van der Waals surface area contributed by atoms with Crippen LogP contribution in [0.5, 0.6) is 0 Å². The normalized spacial score (nSPS) is 14.7. The van der Waals surface area contributed by atoms with Crippen LogP contribution in [0.4, 0.5) is 0 Å². The molecule has 5 nitrogen and oxygen atoms in total. The van der Waals surface area contributed by atoms with Crippen molar-refractivity contribution in [2.24, 2.45) is 0 Å². The third-order valence-corrected chi connectivity index (χ3v) is 6.14. The van der Waals surface area contributed by atoms with Crippen LogP contribution >= 0.6 is 22.7 Å². The summed E-state index contributed by atoms with van der Waals surface area (Å²) in [6.45, 7) is 0.0818. The minimum absolute atomic E-state index is 0.0818. The summed E-state index contributed by atoms with van der Waals surface area (Å²) in [4.78, 5) is 13.9. The van der Waals surface area contributed by atoms with E-state index >= 15 is 0 Å². The summed E-state index contributed by atoms with van der Waals surface area (Å²) in [5.74, 6) is 0.845. The number of rotatable bonds is 6. The fourth-order valence-corrected chi connectivity index (χ4v) is 4.32. The Morgan fingerprint density at radius 2 is 1.96 bits per heavy atom. The molecule has 0 aliphatic heterocycles. The van der Waals surface area contributed by atoms with Gasteiger partial charge in [0.25, 0.3) is 5.91 Å². The zero-order chi connectivity index (χ0) is 16.6. The van der Waals surface area contributed by atoms with Crippen molar-refractivity contribution in [2.75, 3.05) is 6.54 Å². The van der Waals surface area contributed by atoms with Crippen LogP contribution < -0.4 is 5.32 Å². The van der Waals surface area contributed by atoms with Crippen molar-refractivity contribution in [2.45, 2.75) is 24.4 Å². The van der Waals surface area contributed by atoms with Crippen LogP contribution in [-0.4, -0.2) is 22.7 Å². The Kier molecular flexibility index (Phi) is 3.99. The number of aromatic nitrogens is 1. The Balaban J connectivity index is 1.51. The van der Waals surface area contributed by atoms with E-state index in [0.717, 1.165) is 28.4 Å². The molecule has 3 aromatic heterocycles. The summed E-state index contributed by atoms with van der Waals surface area (Å²) in [7, 11) is 0. The van der Waals surface area contributed by atoms with Crippen molar-refractivity contribution in [1.82, 2.24) is 10.5 Å². The summed E-state index contributed by atoms with van der Waals surface area (Å²) in [6, 6.07) is 9.22. The molecule has 3 aromatic rings. The topological polar surface area (TPSA) is 75.4 Å². The second-order valence-electron chi connectivity index (χ2n) is 5.89. The smallest absolute Gasteiger partial charge is 0.273 e. The minimum Gasteiger partial charge on any atom is -0.377 e.